The van der Waals surface area contributed by atoms with Crippen LogP contribution in [0.4, 0.5) is 0 Å². The van der Waals surface area contributed by atoms with Crippen molar-refractivity contribution in [2.75, 3.05) is 19.6 Å². The fraction of sp³-hybridized carbons (Fsp3) is 0.923. The molecule has 0 aromatic rings. The summed E-state index contributed by atoms with van der Waals surface area (Å²) >= 11 is 0. The molecule has 92 valence electrons. The van der Waals surface area contributed by atoms with Crippen molar-refractivity contribution < 1.29 is 0 Å². The van der Waals surface area contributed by atoms with Crippen molar-refractivity contribution in [3.05, 3.63) is 0 Å². The molecule has 0 bridgehead atoms. The topological polar surface area (TPSA) is 39.1 Å². The molecule has 3 heteroatoms. The minimum absolute atomic E-state index is 0.129. The zero-order chi connectivity index (χ0) is 12.0. The second kappa shape index (κ2) is 6.88. The van der Waals surface area contributed by atoms with E-state index in [1.165, 1.54) is 32.4 Å². The number of nitriles is 1. The van der Waals surface area contributed by atoms with Gasteiger partial charge in [-0.25, -0.2) is 0 Å². The van der Waals surface area contributed by atoms with E-state index in [1.807, 2.05) is 6.92 Å². The van der Waals surface area contributed by atoms with Crippen molar-refractivity contribution in [1.29, 1.82) is 5.26 Å². The van der Waals surface area contributed by atoms with Gasteiger partial charge in [0.25, 0.3) is 0 Å². The normalized spacial score (nSPS) is 25.1. The van der Waals surface area contributed by atoms with E-state index in [-0.39, 0.29) is 5.92 Å². The van der Waals surface area contributed by atoms with Crippen LogP contribution in [0.2, 0.25) is 0 Å². The zero-order valence-corrected chi connectivity index (χ0v) is 10.9. The molecule has 3 nitrogen and oxygen atoms in total. The third kappa shape index (κ3) is 4.51. The Morgan fingerprint density at radius 1 is 1.31 bits per heavy atom. The number of hydrogen-bond acceptors (Lipinski definition) is 3. The summed E-state index contributed by atoms with van der Waals surface area (Å²) in [7, 11) is 0. The molecule has 0 aromatic carbocycles. The van der Waals surface area contributed by atoms with E-state index in [9.17, 15) is 0 Å². The van der Waals surface area contributed by atoms with Gasteiger partial charge in [-0.1, -0.05) is 0 Å². The number of nitrogens with zero attached hydrogens (tertiary/aromatic N) is 2. The van der Waals surface area contributed by atoms with Crippen LogP contribution in [-0.4, -0.2) is 36.6 Å². The third-order valence-electron chi connectivity index (χ3n) is 3.43. The Bertz CT molecular complexity index is 232. The first-order valence-corrected chi connectivity index (χ1v) is 6.50. The molecule has 1 N–H and O–H groups in total. The molecular weight excluding hydrogens is 198 g/mol. The fourth-order valence-electron chi connectivity index (χ4n) is 2.23. The highest BCUT2D eigenvalue weighted by Crippen LogP contribution is 2.13. The fourth-order valence-corrected chi connectivity index (χ4v) is 2.23. The highest BCUT2D eigenvalue weighted by Gasteiger charge is 2.18. The zero-order valence-electron chi connectivity index (χ0n) is 10.9. The van der Waals surface area contributed by atoms with Crippen molar-refractivity contribution >= 4 is 0 Å². The molecule has 0 radical (unpaired) electrons. The molecule has 0 spiro atoms. The summed E-state index contributed by atoms with van der Waals surface area (Å²) < 4.78 is 0. The van der Waals surface area contributed by atoms with Gasteiger partial charge in [-0.15, -0.1) is 0 Å². The van der Waals surface area contributed by atoms with Crippen LogP contribution in [-0.2, 0) is 0 Å². The van der Waals surface area contributed by atoms with Crippen molar-refractivity contribution in [1.82, 2.24) is 10.2 Å². The molecule has 1 aliphatic heterocycles. The summed E-state index contributed by atoms with van der Waals surface area (Å²) in [5.41, 5.74) is 0. The van der Waals surface area contributed by atoms with Gasteiger partial charge in [0.15, 0.2) is 0 Å². The summed E-state index contributed by atoms with van der Waals surface area (Å²) in [5.74, 6) is 0.129. The Morgan fingerprint density at radius 2 is 2.06 bits per heavy atom. The third-order valence-corrected chi connectivity index (χ3v) is 3.43. The van der Waals surface area contributed by atoms with Gasteiger partial charge in [-0.3, -0.25) is 0 Å². The maximum atomic E-state index is 8.74. The molecule has 0 aromatic heterocycles. The van der Waals surface area contributed by atoms with Crippen molar-refractivity contribution in [2.24, 2.45) is 5.92 Å². The highest BCUT2D eigenvalue weighted by molar-refractivity contribution is 4.83. The predicted octanol–water partition coefficient (Wildman–Crippen LogP) is 2.00. The van der Waals surface area contributed by atoms with Crippen LogP contribution in [0.3, 0.4) is 0 Å². The van der Waals surface area contributed by atoms with Gasteiger partial charge in [-0.2, -0.15) is 5.26 Å². The Kier molecular flexibility index (Phi) is 5.79. The van der Waals surface area contributed by atoms with E-state index >= 15 is 0 Å². The van der Waals surface area contributed by atoms with Gasteiger partial charge in [-0.05, 0) is 53.1 Å². The van der Waals surface area contributed by atoms with Gasteiger partial charge in [0, 0.05) is 18.6 Å². The first kappa shape index (κ1) is 13.5. The lowest BCUT2D eigenvalue weighted by atomic mass is 10.1. The van der Waals surface area contributed by atoms with Crippen LogP contribution in [0.25, 0.3) is 0 Å². The molecule has 1 rings (SSSR count). The number of hydrogen-bond donors (Lipinski definition) is 1. The van der Waals surface area contributed by atoms with Crippen molar-refractivity contribution in [3.8, 4) is 6.07 Å². The van der Waals surface area contributed by atoms with Gasteiger partial charge in [0.05, 0.1) is 12.0 Å². The Balaban J connectivity index is 2.28. The van der Waals surface area contributed by atoms with Crippen molar-refractivity contribution in [3.63, 3.8) is 0 Å². The second-order valence-corrected chi connectivity index (χ2v) is 5.20. The smallest absolute Gasteiger partial charge is 0.0666 e. The van der Waals surface area contributed by atoms with E-state index < -0.39 is 0 Å². The van der Waals surface area contributed by atoms with Gasteiger partial charge >= 0.3 is 0 Å². The summed E-state index contributed by atoms with van der Waals surface area (Å²) in [6, 6.07) is 3.55. The Labute approximate surface area is 99.8 Å². The van der Waals surface area contributed by atoms with Crippen LogP contribution >= 0.6 is 0 Å². The van der Waals surface area contributed by atoms with Crippen LogP contribution in [0.5, 0.6) is 0 Å². The molecule has 1 fully saturated rings. The van der Waals surface area contributed by atoms with Gasteiger partial charge in [0.1, 0.15) is 0 Å². The van der Waals surface area contributed by atoms with Crippen LogP contribution in [0.1, 0.15) is 40.0 Å². The molecule has 0 saturated carbocycles. The Hall–Kier alpha value is -0.590. The lowest BCUT2D eigenvalue weighted by Gasteiger charge is -2.24. The van der Waals surface area contributed by atoms with E-state index in [1.54, 1.807) is 0 Å². The minimum atomic E-state index is 0.129. The first-order valence-electron chi connectivity index (χ1n) is 6.50. The molecule has 0 amide bonds. The second-order valence-electron chi connectivity index (χ2n) is 5.20. The maximum absolute atomic E-state index is 8.74. The number of likely N-dealkylation sites (tertiary alicyclic amines) is 1. The average molecular weight is 223 g/mol. The first-order chi connectivity index (χ1) is 7.63. The summed E-state index contributed by atoms with van der Waals surface area (Å²) in [4.78, 5) is 2.55. The van der Waals surface area contributed by atoms with E-state index in [0.29, 0.717) is 12.1 Å². The SMILES string of the molecule is CC(C#N)CNC1CCCN(C(C)C)CC1. The molecule has 16 heavy (non-hydrogen) atoms. The molecular formula is C13H25N3. The average Bonchev–Trinajstić information content (AvgIpc) is 2.51. The monoisotopic (exact) mass is 223 g/mol. The maximum Gasteiger partial charge on any atom is 0.0666 e. The molecule has 2 unspecified atom stereocenters. The van der Waals surface area contributed by atoms with Crippen molar-refractivity contribution in [2.45, 2.75) is 52.1 Å². The number of nitrogens with one attached hydrogen (secondary N) is 1. The quantitative estimate of drug-likeness (QED) is 0.792. The molecule has 1 saturated heterocycles. The van der Waals surface area contributed by atoms with Gasteiger partial charge in [0.2, 0.25) is 0 Å². The summed E-state index contributed by atoms with van der Waals surface area (Å²) in [6.07, 6.45) is 3.74. The lowest BCUT2D eigenvalue weighted by Crippen LogP contribution is -2.35. The summed E-state index contributed by atoms with van der Waals surface area (Å²) in [5, 5.41) is 12.3. The predicted molar refractivity (Wildman–Crippen MR) is 67.1 cm³/mol. The lowest BCUT2D eigenvalue weighted by molar-refractivity contribution is 0.229. The van der Waals surface area contributed by atoms with E-state index in [0.717, 1.165) is 6.54 Å². The van der Waals surface area contributed by atoms with Crippen LogP contribution in [0, 0.1) is 17.2 Å². The van der Waals surface area contributed by atoms with Gasteiger partial charge < -0.3 is 10.2 Å². The van der Waals surface area contributed by atoms with E-state index in [4.69, 9.17) is 5.26 Å². The highest BCUT2D eigenvalue weighted by atomic mass is 15.1. The summed E-state index contributed by atoms with van der Waals surface area (Å²) in [6.45, 7) is 9.77. The van der Waals surface area contributed by atoms with Crippen LogP contribution in [0.15, 0.2) is 0 Å². The Morgan fingerprint density at radius 3 is 2.69 bits per heavy atom. The van der Waals surface area contributed by atoms with E-state index in [2.05, 4.69) is 30.1 Å². The molecule has 2 atom stereocenters. The minimum Gasteiger partial charge on any atom is -0.313 e. The number of rotatable bonds is 4. The standard InChI is InChI=1S/C13H25N3/c1-11(2)16-7-4-5-13(6-8-16)15-10-12(3)9-14/h11-13,15H,4-8,10H2,1-3H3. The largest absolute Gasteiger partial charge is 0.313 e. The molecule has 0 aliphatic carbocycles. The molecule has 1 aliphatic rings. The van der Waals surface area contributed by atoms with Crippen LogP contribution < -0.4 is 5.32 Å². The molecule has 1 heterocycles.